The van der Waals surface area contributed by atoms with Crippen molar-refractivity contribution in [3.63, 3.8) is 0 Å². The Morgan fingerprint density at radius 3 is 2.90 bits per heavy atom. The molecular formula is C17H16N2S. The average molecular weight is 280 g/mol. The Morgan fingerprint density at radius 2 is 2.05 bits per heavy atom. The molecule has 3 heteroatoms. The van der Waals surface area contributed by atoms with Gasteiger partial charge in [-0.25, -0.2) is 4.98 Å². The lowest BCUT2D eigenvalue weighted by Crippen LogP contribution is -1.89. The van der Waals surface area contributed by atoms with Crippen molar-refractivity contribution in [3.05, 3.63) is 66.2 Å². The van der Waals surface area contributed by atoms with Gasteiger partial charge in [-0.3, -0.25) is 0 Å². The highest BCUT2D eigenvalue weighted by Crippen LogP contribution is 2.20. The molecule has 0 radical (unpaired) electrons. The largest absolute Gasteiger partial charge is 0.333 e. The van der Waals surface area contributed by atoms with Crippen LogP contribution in [-0.2, 0) is 6.42 Å². The topological polar surface area (TPSA) is 28.7 Å². The van der Waals surface area contributed by atoms with Gasteiger partial charge in [0.1, 0.15) is 0 Å². The number of H-pyrrole nitrogens is 1. The molecule has 3 aromatic rings. The van der Waals surface area contributed by atoms with Gasteiger partial charge in [-0.05, 0) is 29.7 Å². The van der Waals surface area contributed by atoms with Gasteiger partial charge in [-0.1, -0.05) is 60.8 Å². The van der Waals surface area contributed by atoms with Crippen molar-refractivity contribution in [2.45, 2.75) is 11.6 Å². The van der Waals surface area contributed by atoms with E-state index < -0.39 is 0 Å². The minimum absolute atomic E-state index is 0.992. The number of aromatic amines is 1. The van der Waals surface area contributed by atoms with Crippen LogP contribution in [0.25, 0.3) is 17.1 Å². The molecule has 0 aliphatic heterocycles. The first-order chi connectivity index (χ1) is 9.85. The molecule has 0 spiro atoms. The van der Waals surface area contributed by atoms with Gasteiger partial charge in [0, 0.05) is 5.75 Å². The summed E-state index contributed by atoms with van der Waals surface area (Å²) >= 11 is 1.76. The van der Waals surface area contributed by atoms with Crippen molar-refractivity contribution in [3.8, 4) is 0 Å². The lowest BCUT2D eigenvalue weighted by molar-refractivity contribution is 1.07. The van der Waals surface area contributed by atoms with E-state index >= 15 is 0 Å². The van der Waals surface area contributed by atoms with Crippen molar-refractivity contribution in [1.29, 1.82) is 0 Å². The molecule has 0 atom stereocenters. The summed E-state index contributed by atoms with van der Waals surface area (Å²) in [5.41, 5.74) is 4.65. The SMILES string of the molecule is C=Cc1cccc(CCSc2nc3ccccc3[nH]2)c1. The molecule has 0 aliphatic rings. The summed E-state index contributed by atoms with van der Waals surface area (Å²) in [7, 11) is 0. The Kier molecular flexibility index (Phi) is 3.88. The summed E-state index contributed by atoms with van der Waals surface area (Å²) in [6.07, 6.45) is 2.92. The van der Waals surface area contributed by atoms with Gasteiger partial charge in [0.25, 0.3) is 0 Å². The molecule has 1 aromatic heterocycles. The number of hydrogen-bond donors (Lipinski definition) is 1. The molecule has 1 heterocycles. The Hall–Kier alpha value is -2.00. The van der Waals surface area contributed by atoms with Crippen LogP contribution in [0.15, 0.2) is 60.3 Å². The Labute approximate surface area is 122 Å². The monoisotopic (exact) mass is 280 g/mol. The fourth-order valence-electron chi connectivity index (χ4n) is 2.14. The number of nitrogens with zero attached hydrogens (tertiary/aromatic N) is 1. The highest BCUT2D eigenvalue weighted by molar-refractivity contribution is 7.99. The molecule has 20 heavy (non-hydrogen) atoms. The van der Waals surface area contributed by atoms with Crippen molar-refractivity contribution in [1.82, 2.24) is 9.97 Å². The van der Waals surface area contributed by atoms with E-state index in [9.17, 15) is 0 Å². The zero-order valence-corrected chi connectivity index (χ0v) is 12.0. The molecular weight excluding hydrogens is 264 g/mol. The van der Waals surface area contributed by atoms with E-state index in [1.54, 1.807) is 11.8 Å². The van der Waals surface area contributed by atoms with E-state index in [1.165, 1.54) is 11.1 Å². The number of rotatable bonds is 5. The zero-order valence-electron chi connectivity index (χ0n) is 11.2. The highest BCUT2D eigenvalue weighted by atomic mass is 32.2. The van der Waals surface area contributed by atoms with Gasteiger partial charge in [0.15, 0.2) is 5.16 Å². The smallest absolute Gasteiger partial charge is 0.166 e. The molecule has 100 valence electrons. The third kappa shape index (κ3) is 2.94. The number of hydrogen-bond acceptors (Lipinski definition) is 2. The van der Waals surface area contributed by atoms with Crippen molar-refractivity contribution >= 4 is 28.9 Å². The van der Waals surface area contributed by atoms with E-state index in [1.807, 2.05) is 24.3 Å². The quantitative estimate of drug-likeness (QED) is 0.695. The zero-order chi connectivity index (χ0) is 13.8. The summed E-state index contributed by atoms with van der Waals surface area (Å²) in [5.74, 6) is 1.01. The number of aryl methyl sites for hydroxylation is 1. The number of fused-ring (bicyclic) bond motifs is 1. The summed E-state index contributed by atoms with van der Waals surface area (Å²) in [5, 5.41) is 0.992. The standard InChI is InChI=1S/C17H16N2S/c1-2-13-6-5-7-14(12-13)10-11-20-17-18-15-8-3-4-9-16(15)19-17/h2-9,12H,1,10-11H2,(H,18,19). The first kappa shape index (κ1) is 13.0. The summed E-state index contributed by atoms with van der Waals surface area (Å²) < 4.78 is 0. The van der Waals surface area contributed by atoms with Crippen LogP contribution in [0.4, 0.5) is 0 Å². The van der Waals surface area contributed by atoms with Gasteiger partial charge < -0.3 is 4.98 Å². The van der Waals surface area contributed by atoms with Gasteiger partial charge in [0.2, 0.25) is 0 Å². The molecule has 0 amide bonds. The molecule has 3 rings (SSSR count). The molecule has 2 aromatic carbocycles. The van der Waals surface area contributed by atoms with Crippen LogP contribution in [0.3, 0.4) is 0 Å². The maximum atomic E-state index is 4.57. The predicted molar refractivity (Wildman–Crippen MR) is 87.1 cm³/mol. The second-order valence-corrected chi connectivity index (χ2v) is 5.69. The fourth-order valence-corrected chi connectivity index (χ4v) is 3.02. The van der Waals surface area contributed by atoms with E-state index in [-0.39, 0.29) is 0 Å². The van der Waals surface area contributed by atoms with Gasteiger partial charge in [0.05, 0.1) is 11.0 Å². The van der Waals surface area contributed by atoms with Crippen molar-refractivity contribution in [2.24, 2.45) is 0 Å². The van der Waals surface area contributed by atoms with Crippen LogP contribution in [0.5, 0.6) is 0 Å². The second kappa shape index (κ2) is 5.97. The molecule has 1 N–H and O–H groups in total. The first-order valence-electron chi connectivity index (χ1n) is 6.64. The van der Waals surface area contributed by atoms with Gasteiger partial charge in [-0.15, -0.1) is 0 Å². The van der Waals surface area contributed by atoms with E-state index in [2.05, 4.69) is 46.9 Å². The van der Waals surface area contributed by atoms with Crippen molar-refractivity contribution in [2.75, 3.05) is 5.75 Å². The van der Waals surface area contributed by atoms with Crippen LogP contribution in [0.1, 0.15) is 11.1 Å². The fraction of sp³-hybridized carbons (Fsp3) is 0.118. The van der Waals surface area contributed by atoms with E-state index in [0.29, 0.717) is 0 Å². The summed E-state index contributed by atoms with van der Waals surface area (Å²) in [6.45, 7) is 3.80. The molecule has 0 fully saturated rings. The summed E-state index contributed by atoms with van der Waals surface area (Å²) in [6, 6.07) is 16.6. The Balaban J connectivity index is 1.63. The maximum absolute atomic E-state index is 4.57. The van der Waals surface area contributed by atoms with Crippen LogP contribution in [-0.4, -0.2) is 15.7 Å². The number of aromatic nitrogens is 2. The molecule has 2 nitrogen and oxygen atoms in total. The lowest BCUT2D eigenvalue weighted by atomic mass is 10.1. The average Bonchev–Trinajstić information content (AvgIpc) is 2.90. The molecule has 0 saturated carbocycles. The Bertz CT molecular complexity index is 697. The third-order valence-electron chi connectivity index (χ3n) is 3.18. The third-order valence-corrected chi connectivity index (χ3v) is 4.06. The van der Waals surface area contributed by atoms with E-state index in [0.717, 1.165) is 28.4 Å². The molecule has 0 saturated heterocycles. The van der Waals surface area contributed by atoms with Crippen LogP contribution in [0, 0.1) is 0 Å². The van der Waals surface area contributed by atoms with Crippen LogP contribution < -0.4 is 0 Å². The van der Waals surface area contributed by atoms with Crippen molar-refractivity contribution < 1.29 is 0 Å². The van der Waals surface area contributed by atoms with Crippen LogP contribution in [0.2, 0.25) is 0 Å². The summed E-state index contributed by atoms with van der Waals surface area (Å²) in [4.78, 5) is 7.91. The van der Waals surface area contributed by atoms with Crippen LogP contribution >= 0.6 is 11.8 Å². The van der Waals surface area contributed by atoms with E-state index in [4.69, 9.17) is 0 Å². The minimum atomic E-state index is 0.992. The normalized spacial score (nSPS) is 10.8. The number of para-hydroxylation sites is 2. The molecule has 0 unspecified atom stereocenters. The second-order valence-electron chi connectivity index (χ2n) is 4.61. The maximum Gasteiger partial charge on any atom is 0.166 e. The number of nitrogens with one attached hydrogen (secondary N) is 1. The lowest BCUT2D eigenvalue weighted by Gasteiger charge is -2.01. The molecule has 0 bridgehead atoms. The Morgan fingerprint density at radius 1 is 1.15 bits per heavy atom. The highest BCUT2D eigenvalue weighted by Gasteiger charge is 2.02. The van der Waals surface area contributed by atoms with Gasteiger partial charge >= 0.3 is 0 Å². The number of imidazole rings is 1. The van der Waals surface area contributed by atoms with Gasteiger partial charge in [-0.2, -0.15) is 0 Å². The number of benzene rings is 2. The first-order valence-corrected chi connectivity index (χ1v) is 7.62. The minimum Gasteiger partial charge on any atom is -0.333 e. The molecule has 0 aliphatic carbocycles. The number of thioether (sulfide) groups is 1. The predicted octanol–water partition coefficient (Wildman–Crippen LogP) is 4.54.